The number of Topliss-reactive ketones (excluding diaryl/α,β-unsaturated/α-hetero) is 1. The van der Waals surface area contributed by atoms with Crippen LogP contribution in [-0.2, 0) is 15.0 Å². The number of aliphatic hydroxyl groups is 1. The first kappa shape index (κ1) is 24.5. The summed E-state index contributed by atoms with van der Waals surface area (Å²) >= 11 is 0. The van der Waals surface area contributed by atoms with Gasteiger partial charge in [-0.1, -0.05) is 52.7 Å². The lowest BCUT2D eigenvalue weighted by molar-refractivity contribution is -0.139. The molecule has 0 spiro atoms. The Hall–Kier alpha value is -3.15. The molecule has 1 heterocycles. The van der Waals surface area contributed by atoms with Gasteiger partial charge in [0.15, 0.2) is 0 Å². The first-order chi connectivity index (χ1) is 15.6. The number of ketones is 1. The lowest BCUT2D eigenvalue weighted by atomic mass is 9.84. The van der Waals surface area contributed by atoms with E-state index in [0.717, 1.165) is 24.8 Å². The van der Waals surface area contributed by atoms with Gasteiger partial charge in [-0.25, -0.2) is 4.39 Å². The smallest absolute Gasteiger partial charge is 0.295 e. The fourth-order valence-electron chi connectivity index (χ4n) is 4.23. The zero-order chi connectivity index (χ0) is 24.3. The maximum atomic E-state index is 13.6. The van der Waals surface area contributed by atoms with E-state index in [1.807, 2.05) is 20.8 Å². The molecule has 2 aromatic carbocycles. The summed E-state index contributed by atoms with van der Waals surface area (Å²) in [7, 11) is 1.58. The first-order valence-electron chi connectivity index (χ1n) is 11.3. The van der Waals surface area contributed by atoms with Gasteiger partial charge in [-0.3, -0.25) is 9.59 Å². The van der Waals surface area contributed by atoms with Crippen molar-refractivity contribution in [1.82, 2.24) is 4.90 Å². The molecule has 1 fully saturated rings. The van der Waals surface area contributed by atoms with Crippen molar-refractivity contribution in [3.05, 3.63) is 70.5 Å². The Morgan fingerprint density at radius 2 is 1.76 bits per heavy atom. The molecule has 5 nitrogen and oxygen atoms in total. The zero-order valence-electron chi connectivity index (χ0n) is 19.9. The lowest BCUT2D eigenvalue weighted by Crippen LogP contribution is -2.30. The van der Waals surface area contributed by atoms with Crippen molar-refractivity contribution in [3.8, 4) is 5.75 Å². The SMILES string of the molecule is CCCCCN1C(=O)C(=O)/C(=C(\O)c2ccc(OC)c(C(C)(C)C)c2)C1c1ccc(F)cc1. The van der Waals surface area contributed by atoms with Crippen molar-refractivity contribution in [2.75, 3.05) is 13.7 Å². The van der Waals surface area contributed by atoms with Crippen LogP contribution in [0.2, 0.25) is 0 Å². The van der Waals surface area contributed by atoms with E-state index >= 15 is 0 Å². The Morgan fingerprint density at radius 1 is 1.09 bits per heavy atom. The van der Waals surface area contributed by atoms with Gasteiger partial charge in [0.05, 0.1) is 18.7 Å². The molecule has 0 aromatic heterocycles. The summed E-state index contributed by atoms with van der Waals surface area (Å²) in [5, 5.41) is 11.3. The molecule has 0 radical (unpaired) electrons. The normalized spacial score (nSPS) is 18.1. The second-order valence-electron chi connectivity index (χ2n) is 9.42. The van der Waals surface area contributed by atoms with E-state index < -0.39 is 23.5 Å². The Kier molecular flexibility index (Phi) is 7.25. The average molecular weight is 454 g/mol. The van der Waals surface area contributed by atoms with Gasteiger partial charge >= 0.3 is 0 Å². The maximum Gasteiger partial charge on any atom is 0.295 e. The number of amides is 1. The summed E-state index contributed by atoms with van der Waals surface area (Å²) in [5.41, 5.74) is 1.62. The Bertz CT molecular complexity index is 1070. The fraction of sp³-hybridized carbons (Fsp3) is 0.407. The Morgan fingerprint density at radius 3 is 2.33 bits per heavy atom. The molecular formula is C27H32FNO4. The molecule has 1 aliphatic rings. The van der Waals surface area contributed by atoms with Gasteiger partial charge in [-0.15, -0.1) is 0 Å². The number of unbranched alkanes of at least 4 members (excludes halogenated alkanes) is 2. The van der Waals surface area contributed by atoms with Crippen LogP contribution in [0.1, 0.15) is 69.7 Å². The van der Waals surface area contributed by atoms with E-state index in [4.69, 9.17) is 4.74 Å². The van der Waals surface area contributed by atoms with Crippen LogP contribution in [0, 0.1) is 5.82 Å². The predicted octanol–water partition coefficient (Wildman–Crippen LogP) is 5.74. The molecule has 33 heavy (non-hydrogen) atoms. The van der Waals surface area contributed by atoms with Crippen LogP contribution in [0.3, 0.4) is 0 Å². The van der Waals surface area contributed by atoms with E-state index in [2.05, 4.69) is 6.92 Å². The largest absolute Gasteiger partial charge is 0.507 e. The van der Waals surface area contributed by atoms with Crippen molar-refractivity contribution < 1.29 is 23.8 Å². The molecule has 1 saturated heterocycles. The molecule has 0 aliphatic carbocycles. The molecule has 176 valence electrons. The third kappa shape index (κ3) is 4.95. The predicted molar refractivity (Wildman–Crippen MR) is 127 cm³/mol. The van der Waals surface area contributed by atoms with Crippen LogP contribution in [0.5, 0.6) is 5.75 Å². The zero-order valence-corrected chi connectivity index (χ0v) is 19.9. The number of carbonyl (C=O) groups is 2. The van der Waals surface area contributed by atoms with Crippen molar-refractivity contribution in [2.45, 2.75) is 58.4 Å². The molecule has 0 bridgehead atoms. The lowest BCUT2D eigenvalue weighted by Gasteiger charge is -2.26. The summed E-state index contributed by atoms with van der Waals surface area (Å²) < 4.78 is 19.1. The van der Waals surface area contributed by atoms with Gasteiger partial charge in [-0.2, -0.15) is 0 Å². The molecule has 1 aliphatic heterocycles. The first-order valence-corrected chi connectivity index (χ1v) is 11.3. The summed E-state index contributed by atoms with van der Waals surface area (Å²) in [6, 6.07) is 10.2. The second kappa shape index (κ2) is 9.77. The van der Waals surface area contributed by atoms with Gasteiger partial charge in [-0.05, 0) is 47.7 Å². The second-order valence-corrected chi connectivity index (χ2v) is 9.42. The van der Waals surface area contributed by atoms with Crippen LogP contribution in [0.4, 0.5) is 4.39 Å². The van der Waals surface area contributed by atoms with Crippen LogP contribution >= 0.6 is 0 Å². The van der Waals surface area contributed by atoms with Gasteiger partial charge < -0.3 is 14.7 Å². The highest BCUT2D eigenvalue weighted by molar-refractivity contribution is 6.46. The minimum absolute atomic E-state index is 0.0214. The number of aliphatic hydroxyl groups excluding tert-OH is 1. The molecule has 0 saturated carbocycles. The highest BCUT2D eigenvalue weighted by Gasteiger charge is 2.45. The molecular weight excluding hydrogens is 421 g/mol. The van der Waals surface area contributed by atoms with Crippen molar-refractivity contribution >= 4 is 17.4 Å². The Balaban J connectivity index is 2.17. The number of benzene rings is 2. The van der Waals surface area contributed by atoms with Gasteiger partial charge in [0, 0.05) is 17.7 Å². The standard InChI is InChI=1S/C27H32FNO4/c1-6-7-8-15-29-23(17-9-12-19(28)13-10-17)22(25(31)26(29)32)24(30)18-11-14-21(33-5)20(16-18)27(2,3)4/h9-14,16,23,30H,6-8,15H2,1-5H3/b24-22-. The topological polar surface area (TPSA) is 66.8 Å². The molecule has 2 aromatic rings. The number of halogens is 1. The number of rotatable bonds is 7. The Labute approximate surface area is 194 Å². The molecule has 6 heteroatoms. The van der Waals surface area contributed by atoms with Gasteiger partial charge in [0.2, 0.25) is 0 Å². The minimum Gasteiger partial charge on any atom is -0.507 e. The number of carbonyl (C=O) groups excluding carboxylic acids is 2. The van der Waals surface area contributed by atoms with Gasteiger partial charge in [0.1, 0.15) is 17.3 Å². The third-order valence-corrected chi connectivity index (χ3v) is 6.01. The van der Waals surface area contributed by atoms with Crippen LogP contribution in [-0.4, -0.2) is 35.4 Å². The third-order valence-electron chi connectivity index (χ3n) is 6.01. The highest BCUT2D eigenvalue weighted by atomic mass is 19.1. The molecule has 1 N–H and O–H groups in total. The minimum atomic E-state index is -0.775. The molecule has 1 amide bonds. The number of methoxy groups -OCH3 is 1. The van der Waals surface area contributed by atoms with Crippen LogP contribution < -0.4 is 4.74 Å². The van der Waals surface area contributed by atoms with Crippen LogP contribution in [0.15, 0.2) is 48.0 Å². The molecule has 1 atom stereocenters. The molecule has 3 rings (SSSR count). The number of nitrogens with zero attached hydrogens (tertiary/aromatic N) is 1. The van der Waals surface area contributed by atoms with Gasteiger partial charge in [0.25, 0.3) is 11.7 Å². The fourth-order valence-corrected chi connectivity index (χ4v) is 4.23. The van der Waals surface area contributed by atoms with E-state index in [0.29, 0.717) is 23.4 Å². The van der Waals surface area contributed by atoms with E-state index in [1.165, 1.54) is 17.0 Å². The molecule has 1 unspecified atom stereocenters. The quantitative estimate of drug-likeness (QED) is 0.251. The van der Waals surface area contributed by atoms with Crippen molar-refractivity contribution in [1.29, 1.82) is 0 Å². The number of likely N-dealkylation sites (tertiary alicyclic amines) is 1. The summed E-state index contributed by atoms with van der Waals surface area (Å²) in [4.78, 5) is 27.6. The average Bonchev–Trinajstić information content (AvgIpc) is 3.03. The number of hydrogen-bond donors (Lipinski definition) is 1. The van der Waals surface area contributed by atoms with Crippen molar-refractivity contribution in [2.24, 2.45) is 0 Å². The number of ether oxygens (including phenoxy) is 1. The number of hydrogen-bond acceptors (Lipinski definition) is 4. The monoisotopic (exact) mass is 453 g/mol. The van der Waals surface area contributed by atoms with E-state index in [9.17, 15) is 19.1 Å². The van der Waals surface area contributed by atoms with Crippen LogP contribution in [0.25, 0.3) is 5.76 Å². The van der Waals surface area contributed by atoms with Crippen molar-refractivity contribution in [3.63, 3.8) is 0 Å². The maximum absolute atomic E-state index is 13.6. The van der Waals surface area contributed by atoms with E-state index in [-0.39, 0.29) is 16.7 Å². The summed E-state index contributed by atoms with van der Waals surface area (Å²) in [5.74, 6) is -1.35. The summed E-state index contributed by atoms with van der Waals surface area (Å²) in [6.45, 7) is 8.52. The highest BCUT2D eigenvalue weighted by Crippen LogP contribution is 2.41. The van der Waals surface area contributed by atoms with E-state index in [1.54, 1.807) is 37.4 Å². The summed E-state index contributed by atoms with van der Waals surface area (Å²) in [6.07, 6.45) is 2.61.